The van der Waals surface area contributed by atoms with Crippen LogP contribution in [-0.2, 0) is 19.3 Å². The lowest BCUT2D eigenvalue weighted by atomic mass is 9.84. The van der Waals surface area contributed by atoms with Crippen molar-refractivity contribution in [2.75, 3.05) is 0 Å². The maximum Gasteiger partial charge on any atom is -0.0146 e. The summed E-state index contributed by atoms with van der Waals surface area (Å²) in [6.07, 6.45) is 8.76. The Morgan fingerprint density at radius 2 is 1.29 bits per heavy atom. The lowest BCUT2D eigenvalue weighted by Gasteiger charge is -2.21. The van der Waals surface area contributed by atoms with Crippen LogP contribution >= 0.6 is 0 Å². The summed E-state index contributed by atoms with van der Waals surface area (Å²) in [5.74, 6) is 0. The van der Waals surface area contributed by atoms with Crippen molar-refractivity contribution < 1.29 is 0 Å². The highest BCUT2D eigenvalue weighted by molar-refractivity contribution is 5.91. The normalized spacial score (nSPS) is 11.2. The molecule has 0 heteroatoms. The number of aryl methyl sites for hydroxylation is 2. The average molecular weight is 282 g/mol. The molecule has 0 spiro atoms. The molecule has 2 rings (SSSR count). The first-order valence-corrected chi connectivity index (χ1v) is 8.76. The van der Waals surface area contributed by atoms with Gasteiger partial charge < -0.3 is 0 Å². The van der Waals surface area contributed by atoms with Gasteiger partial charge in [-0.1, -0.05) is 64.3 Å². The Kier molecular flexibility index (Phi) is 5.85. The molecule has 0 aliphatic rings. The largest absolute Gasteiger partial charge is 0.0654 e. The molecule has 0 N–H and O–H groups in total. The summed E-state index contributed by atoms with van der Waals surface area (Å²) in [4.78, 5) is 0. The Labute approximate surface area is 130 Å². The van der Waals surface area contributed by atoms with Crippen LogP contribution in [0.1, 0.15) is 68.7 Å². The molecule has 0 bridgehead atoms. The van der Waals surface area contributed by atoms with Crippen molar-refractivity contribution in [1.29, 1.82) is 0 Å². The van der Waals surface area contributed by atoms with Crippen molar-refractivity contribution in [3.8, 4) is 0 Å². The third-order valence-electron chi connectivity index (χ3n) is 4.62. The molecule has 2 aromatic rings. The van der Waals surface area contributed by atoms with Crippen LogP contribution in [-0.4, -0.2) is 0 Å². The molecule has 0 amide bonds. The minimum absolute atomic E-state index is 1.23. The second-order valence-electron chi connectivity index (χ2n) is 6.21. The molecule has 21 heavy (non-hydrogen) atoms. The Hall–Kier alpha value is -1.30. The fourth-order valence-electron chi connectivity index (χ4n) is 3.59. The van der Waals surface area contributed by atoms with Gasteiger partial charge in [-0.2, -0.15) is 0 Å². The van der Waals surface area contributed by atoms with Gasteiger partial charge in [0.15, 0.2) is 0 Å². The molecule has 0 aliphatic carbocycles. The van der Waals surface area contributed by atoms with Crippen molar-refractivity contribution >= 4 is 10.8 Å². The van der Waals surface area contributed by atoms with E-state index < -0.39 is 0 Å². The van der Waals surface area contributed by atoms with Gasteiger partial charge in [0.2, 0.25) is 0 Å². The molecule has 0 unspecified atom stereocenters. The van der Waals surface area contributed by atoms with Crippen LogP contribution in [0.15, 0.2) is 24.3 Å². The van der Waals surface area contributed by atoms with E-state index in [-0.39, 0.29) is 0 Å². The molecule has 0 heterocycles. The molecule has 114 valence electrons. The predicted molar refractivity (Wildman–Crippen MR) is 95.3 cm³/mol. The van der Waals surface area contributed by atoms with Crippen LogP contribution in [0.4, 0.5) is 0 Å². The number of benzene rings is 2. The fourth-order valence-corrected chi connectivity index (χ4v) is 3.59. The van der Waals surface area contributed by atoms with Crippen molar-refractivity contribution in [1.82, 2.24) is 0 Å². The SMILES string of the molecule is CCCCc1c(CCC)c(CCC)c(C)c2ccccc12. The van der Waals surface area contributed by atoms with Gasteiger partial charge in [0.25, 0.3) is 0 Å². The summed E-state index contributed by atoms with van der Waals surface area (Å²) in [5.41, 5.74) is 6.48. The first-order chi connectivity index (χ1) is 10.2. The zero-order valence-corrected chi connectivity index (χ0v) is 14.3. The number of hydrogen-bond donors (Lipinski definition) is 0. The van der Waals surface area contributed by atoms with E-state index in [0.29, 0.717) is 0 Å². The monoisotopic (exact) mass is 282 g/mol. The van der Waals surface area contributed by atoms with Gasteiger partial charge >= 0.3 is 0 Å². The number of rotatable bonds is 7. The van der Waals surface area contributed by atoms with Crippen molar-refractivity contribution in [3.05, 3.63) is 46.5 Å². The summed E-state index contributed by atoms with van der Waals surface area (Å²) in [5, 5.41) is 2.98. The molecule has 0 aromatic heterocycles. The minimum atomic E-state index is 1.23. The Morgan fingerprint density at radius 3 is 1.90 bits per heavy atom. The van der Waals surface area contributed by atoms with Gasteiger partial charge in [0, 0.05) is 0 Å². The van der Waals surface area contributed by atoms with Crippen LogP contribution in [0.3, 0.4) is 0 Å². The lowest BCUT2D eigenvalue weighted by Crippen LogP contribution is -2.05. The molecule has 2 aromatic carbocycles. The van der Waals surface area contributed by atoms with Crippen LogP contribution in [0.5, 0.6) is 0 Å². The fraction of sp³-hybridized carbons (Fsp3) is 0.524. The van der Waals surface area contributed by atoms with Crippen LogP contribution in [0.25, 0.3) is 10.8 Å². The topological polar surface area (TPSA) is 0 Å². The molecule has 0 aliphatic heterocycles. The van der Waals surface area contributed by atoms with E-state index in [1.165, 1.54) is 61.3 Å². The molecule has 0 atom stereocenters. The third-order valence-corrected chi connectivity index (χ3v) is 4.62. The van der Waals surface area contributed by atoms with Gasteiger partial charge in [-0.25, -0.2) is 0 Å². The summed E-state index contributed by atoms with van der Waals surface area (Å²) in [6, 6.07) is 9.04. The standard InChI is InChI=1S/C21H30/c1-5-8-13-21-19(12-7-3)17(11-6-2)16(4)18-14-9-10-15-20(18)21/h9-10,14-15H,5-8,11-13H2,1-4H3. The van der Waals surface area contributed by atoms with E-state index in [4.69, 9.17) is 0 Å². The quantitative estimate of drug-likeness (QED) is 0.551. The minimum Gasteiger partial charge on any atom is -0.0654 e. The van der Waals surface area contributed by atoms with E-state index in [0.717, 1.165) is 0 Å². The van der Waals surface area contributed by atoms with E-state index in [1.54, 1.807) is 16.7 Å². The van der Waals surface area contributed by atoms with E-state index in [9.17, 15) is 0 Å². The van der Waals surface area contributed by atoms with E-state index in [1.807, 2.05) is 0 Å². The van der Waals surface area contributed by atoms with Crippen molar-refractivity contribution in [2.24, 2.45) is 0 Å². The first kappa shape index (κ1) is 16.1. The summed E-state index contributed by atoms with van der Waals surface area (Å²) < 4.78 is 0. The molecule has 0 fully saturated rings. The Morgan fingerprint density at radius 1 is 0.667 bits per heavy atom. The predicted octanol–water partition coefficient (Wildman–Crippen LogP) is 6.40. The van der Waals surface area contributed by atoms with Gasteiger partial charge in [-0.15, -0.1) is 0 Å². The second kappa shape index (κ2) is 7.64. The van der Waals surface area contributed by atoms with Gasteiger partial charge in [-0.3, -0.25) is 0 Å². The highest BCUT2D eigenvalue weighted by atomic mass is 14.2. The highest BCUT2D eigenvalue weighted by Crippen LogP contribution is 2.33. The van der Waals surface area contributed by atoms with E-state index in [2.05, 4.69) is 52.0 Å². The summed E-state index contributed by atoms with van der Waals surface area (Å²) in [7, 11) is 0. The van der Waals surface area contributed by atoms with Crippen LogP contribution in [0.2, 0.25) is 0 Å². The zero-order chi connectivity index (χ0) is 15.2. The maximum atomic E-state index is 2.34. The van der Waals surface area contributed by atoms with E-state index >= 15 is 0 Å². The number of unbranched alkanes of at least 4 members (excludes halogenated alkanes) is 1. The van der Waals surface area contributed by atoms with Gasteiger partial charge in [0.05, 0.1) is 0 Å². The molecular weight excluding hydrogens is 252 g/mol. The Balaban J connectivity index is 2.72. The summed E-state index contributed by atoms with van der Waals surface area (Å²) >= 11 is 0. The smallest absolute Gasteiger partial charge is 0.0146 e. The molecule has 0 saturated carbocycles. The number of hydrogen-bond acceptors (Lipinski definition) is 0. The van der Waals surface area contributed by atoms with Gasteiger partial charge in [0.1, 0.15) is 0 Å². The van der Waals surface area contributed by atoms with Crippen LogP contribution in [0, 0.1) is 6.92 Å². The van der Waals surface area contributed by atoms with Crippen molar-refractivity contribution in [2.45, 2.75) is 72.6 Å². The van der Waals surface area contributed by atoms with Crippen LogP contribution < -0.4 is 0 Å². The molecule has 0 saturated heterocycles. The average Bonchev–Trinajstić information content (AvgIpc) is 2.51. The second-order valence-corrected chi connectivity index (χ2v) is 6.21. The lowest BCUT2D eigenvalue weighted by molar-refractivity contribution is 0.775. The molecular formula is C21H30. The van der Waals surface area contributed by atoms with Crippen molar-refractivity contribution in [3.63, 3.8) is 0 Å². The molecule has 0 radical (unpaired) electrons. The number of fused-ring (bicyclic) bond motifs is 1. The third kappa shape index (κ3) is 3.31. The summed E-state index contributed by atoms with van der Waals surface area (Å²) in [6.45, 7) is 9.23. The Bertz CT molecular complexity index is 593. The first-order valence-electron chi connectivity index (χ1n) is 8.76. The molecule has 0 nitrogen and oxygen atoms in total. The van der Waals surface area contributed by atoms with Gasteiger partial charge in [-0.05, 0) is 65.6 Å². The highest BCUT2D eigenvalue weighted by Gasteiger charge is 2.15. The zero-order valence-electron chi connectivity index (χ0n) is 14.3. The maximum absolute atomic E-state index is 2.34.